The molecule has 0 aromatic heterocycles. The molecule has 7 nitrogen and oxygen atoms in total. The number of aliphatic carboxylic acids is 1. The van der Waals surface area contributed by atoms with Crippen LogP contribution in [0, 0.1) is 0 Å². The van der Waals surface area contributed by atoms with Crippen LogP contribution in [0.15, 0.2) is 0 Å². The third kappa shape index (κ3) is 2.66. The van der Waals surface area contributed by atoms with Crippen molar-refractivity contribution in [3.05, 3.63) is 0 Å². The number of carboxylic acids is 1. The van der Waals surface area contributed by atoms with Gasteiger partial charge in [0.05, 0.1) is 12.5 Å². The van der Waals surface area contributed by atoms with E-state index >= 15 is 0 Å². The highest BCUT2D eigenvalue weighted by atomic mass is 16.4. The minimum absolute atomic E-state index is 0.468. The zero-order valence-electron chi connectivity index (χ0n) is 8.06. The maximum Gasteiger partial charge on any atom is 0.305 e. The van der Waals surface area contributed by atoms with E-state index in [0.717, 1.165) is 0 Å². The van der Waals surface area contributed by atoms with Gasteiger partial charge >= 0.3 is 5.97 Å². The SMILES string of the molecule is CC(O)C1NC(=O)C(CC(=O)O)NC1=O. The number of rotatable bonds is 3. The molecule has 1 aliphatic rings. The molecular formula is C8H12N2O5. The Morgan fingerprint density at radius 3 is 2.47 bits per heavy atom. The Kier molecular flexibility index (Phi) is 3.25. The van der Waals surface area contributed by atoms with Crippen LogP contribution in [0.4, 0.5) is 0 Å². The minimum Gasteiger partial charge on any atom is -0.481 e. The van der Waals surface area contributed by atoms with Crippen LogP contribution in [-0.4, -0.2) is 46.2 Å². The maximum absolute atomic E-state index is 11.3. The molecule has 0 aromatic rings. The van der Waals surface area contributed by atoms with E-state index in [9.17, 15) is 14.4 Å². The van der Waals surface area contributed by atoms with E-state index in [-0.39, 0.29) is 0 Å². The van der Waals surface area contributed by atoms with Crippen molar-refractivity contribution < 1.29 is 24.6 Å². The number of aliphatic hydroxyl groups excluding tert-OH is 1. The van der Waals surface area contributed by atoms with Crippen LogP contribution < -0.4 is 10.6 Å². The standard InChI is InChI=1S/C8H12N2O5/c1-3(11)6-8(15)9-4(2-5(12)13)7(14)10-6/h3-4,6,11H,2H2,1H3,(H,9,15)(H,10,14)(H,12,13). The smallest absolute Gasteiger partial charge is 0.305 e. The van der Waals surface area contributed by atoms with Crippen molar-refractivity contribution in [2.75, 3.05) is 0 Å². The number of carbonyl (C=O) groups is 3. The number of piperazine rings is 1. The fourth-order valence-electron chi connectivity index (χ4n) is 1.30. The second-order valence-electron chi connectivity index (χ2n) is 3.39. The van der Waals surface area contributed by atoms with Crippen LogP contribution in [0.5, 0.6) is 0 Å². The van der Waals surface area contributed by atoms with Gasteiger partial charge in [-0.1, -0.05) is 0 Å². The monoisotopic (exact) mass is 216 g/mol. The van der Waals surface area contributed by atoms with E-state index in [4.69, 9.17) is 10.2 Å². The summed E-state index contributed by atoms with van der Waals surface area (Å²) in [6, 6.07) is -2.08. The molecule has 1 rings (SSSR count). The zero-order chi connectivity index (χ0) is 11.6. The first-order valence-corrected chi connectivity index (χ1v) is 4.42. The van der Waals surface area contributed by atoms with Crippen molar-refractivity contribution in [2.24, 2.45) is 0 Å². The average Bonchev–Trinajstić information content (AvgIpc) is 2.09. The first-order chi connectivity index (χ1) is 6.91. The summed E-state index contributed by atoms with van der Waals surface area (Å²) in [6.45, 7) is 1.36. The Morgan fingerprint density at radius 2 is 2.00 bits per heavy atom. The predicted molar refractivity (Wildman–Crippen MR) is 47.8 cm³/mol. The number of hydrogen-bond donors (Lipinski definition) is 4. The molecule has 0 radical (unpaired) electrons. The van der Waals surface area contributed by atoms with Crippen molar-refractivity contribution in [1.29, 1.82) is 0 Å². The fraction of sp³-hybridized carbons (Fsp3) is 0.625. The molecule has 0 aromatic carbocycles. The number of carbonyl (C=O) groups excluding carboxylic acids is 2. The molecule has 2 amide bonds. The predicted octanol–water partition coefficient (Wildman–Crippen LogP) is -2.17. The van der Waals surface area contributed by atoms with Crippen LogP contribution in [0.2, 0.25) is 0 Å². The second-order valence-corrected chi connectivity index (χ2v) is 3.39. The Bertz CT molecular complexity index is 301. The van der Waals surface area contributed by atoms with Gasteiger partial charge in [0.2, 0.25) is 11.8 Å². The molecule has 84 valence electrons. The highest BCUT2D eigenvalue weighted by molar-refractivity contribution is 5.98. The van der Waals surface area contributed by atoms with E-state index < -0.39 is 42.4 Å². The number of carboxylic acid groups (broad SMARTS) is 1. The number of hydrogen-bond acceptors (Lipinski definition) is 4. The second kappa shape index (κ2) is 4.26. The van der Waals surface area contributed by atoms with Gasteiger partial charge in [-0.2, -0.15) is 0 Å². The van der Waals surface area contributed by atoms with Crippen molar-refractivity contribution in [3.63, 3.8) is 0 Å². The van der Waals surface area contributed by atoms with Gasteiger partial charge in [-0.3, -0.25) is 14.4 Å². The average molecular weight is 216 g/mol. The molecule has 1 aliphatic heterocycles. The highest BCUT2D eigenvalue weighted by Crippen LogP contribution is 2.04. The molecule has 15 heavy (non-hydrogen) atoms. The Hall–Kier alpha value is -1.63. The molecule has 1 saturated heterocycles. The summed E-state index contributed by atoms with van der Waals surface area (Å²) in [5.74, 6) is -2.34. The zero-order valence-corrected chi connectivity index (χ0v) is 8.06. The van der Waals surface area contributed by atoms with Gasteiger partial charge in [0.1, 0.15) is 12.1 Å². The summed E-state index contributed by atoms with van der Waals surface area (Å²) >= 11 is 0. The molecule has 3 unspecified atom stereocenters. The van der Waals surface area contributed by atoms with Crippen LogP contribution in [0.1, 0.15) is 13.3 Å². The van der Waals surface area contributed by atoms with Crippen LogP contribution in [0.25, 0.3) is 0 Å². The summed E-state index contributed by atoms with van der Waals surface area (Å²) in [7, 11) is 0. The molecule has 0 spiro atoms. The Labute approximate surface area is 85.5 Å². The van der Waals surface area contributed by atoms with Gasteiger partial charge in [-0.05, 0) is 6.92 Å². The summed E-state index contributed by atoms with van der Waals surface area (Å²) in [6.07, 6.45) is -1.48. The lowest BCUT2D eigenvalue weighted by Crippen LogP contribution is -2.64. The van der Waals surface area contributed by atoms with Gasteiger partial charge in [-0.25, -0.2) is 0 Å². The van der Waals surface area contributed by atoms with Gasteiger partial charge < -0.3 is 20.8 Å². The van der Waals surface area contributed by atoms with Gasteiger partial charge in [0, 0.05) is 0 Å². The van der Waals surface area contributed by atoms with Gasteiger partial charge in [-0.15, -0.1) is 0 Å². The van der Waals surface area contributed by atoms with Crippen molar-refractivity contribution >= 4 is 17.8 Å². The van der Waals surface area contributed by atoms with Crippen LogP contribution in [-0.2, 0) is 14.4 Å². The summed E-state index contributed by atoms with van der Waals surface area (Å²) in [4.78, 5) is 32.9. The van der Waals surface area contributed by atoms with E-state index in [2.05, 4.69) is 10.6 Å². The van der Waals surface area contributed by atoms with Crippen molar-refractivity contribution in [1.82, 2.24) is 10.6 Å². The largest absolute Gasteiger partial charge is 0.481 e. The van der Waals surface area contributed by atoms with E-state index in [1.165, 1.54) is 6.92 Å². The van der Waals surface area contributed by atoms with E-state index in [1.54, 1.807) is 0 Å². The summed E-state index contributed by atoms with van der Waals surface area (Å²) in [5, 5.41) is 22.1. The Balaban J connectivity index is 2.67. The Morgan fingerprint density at radius 1 is 1.40 bits per heavy atom. The first kappa shape index (κ1) is 11.4. The third-order valence-corrected chi connectivity index (χ3v) is 2.07. The van der Waals surface area contributed by atoms with E-state index in [0.29, 0.717) is 0 Å². The van der Waals surface area contributed by atoms with Crippen molar-refractivity contribution in [3.8, 4) is 0 Å². The molecular weight excluding hydrogens is 204 g/mol. The minimum atomic E-state index is -1.18. The molecule has 4 N–H and O–H groups in total. The molecule has 0 bridgehead atoms. The van der Waals surface area contributed by atoms with Crippen LogP contribution in [0.3, 0.4) is 0 Å². The number of amides is 2. The van der Waals surface area contributed by atoms with Crippen molar-refractivity contribution in [2.45, 2.75) is 31.5 Å². The van der Waals surface area contributed by atoms with Crippen LogP contribution >= 0.6 is 0 Å². The van der Waals surface area contributed by atoms with Gasteiger partial charge in [0.15, 0.2) is 0 Å². The topological polar surface area (TPSA) is 116 Å². The first-order valence-electron chi connectivity index (χ1n) is 4.42. The highest BCUT2D eigenvalue weighted by Gasteiger charge is 2.36. The number of nitrogens with one attached hydrogen (secondary N) is 2. The quantitative estimate of drug-likeness (QED) is 0.428. The number of aliphatic hydroxyl groups is 1. The lowest BCUT2D eigenvalue weighted by atomic mass is 10.0. The molecule has 3 atom stereocenters. The normalized spacial score (nSPS) is 27.9. The summed E-state index contributed by atoms with van der Waals surface area (Å²) in [5.41, 5.74) is 0. The molecule has 1 heterocycles. The maximum atomic E-state index is 11.3. The molecule has 1 fully saturated rings. The molecule has 7 heteroatoms. The summed E-state index contributed by atoms with van der Waals surface area (Å²) < 4.78 is 0. The molecule has 0 aliphatic carbocycles. The van der Waals surface area contributed by atoms with E-state index in [1.807, 2.05) is 0 Å². The lowest BCUT2D eigenvalue weighted by Gasteiger charge is -2.30. The fourth-order valence-corrected chi connectivity index (χ4v) is 1.30. The third-order valence-electron chi connectivity index (χ3n) is 2.07. The van der Waals surface area contributed by atoms with Gasteiger partial charge in [0.25, 0.3) is 0 Å². The molecule has 0 saturated carbocycles. The lowest BCUT2D eigenvalue weighted by molar-refractivity contribution is -0.144.